The topological polar surface area (TPSA) is 63.3 Å². The fourth-order valence-electron chi connectivity index (χ4n) is 4.78. The van der Waals surface area contributed by atoms with Gasteiger partial charge in [0.15, 0.2) is 0 Å². The van der Waals surface area contributed by atoms with Crippen LogP contribution in [0.25, 0.3) is 11.0 Å². The SMILES string of the molecule is CCn1ccnc1CN(C(=O)c1coc2ccccc12)C1CC12CCNCC2.Cl. The Balaban J connectivity index is 0.00000205. The van der Waals surface area contributed by atoms with Gasteiger partial charge in [-0.15, -0.1) is 12.4 Å². The van der Waals surface area contributed by atoms with Crippen LogP contribution in [0.1, 0.15) is 42.4 Å². The standard InChI is InChI=1S/C22H26N4O2.ClH/c1-2-25-12-11-24-20(25)14-26(19-13-22(19)7-9-23-10-8-22)21(27)17-15-28-18-6-4-3-5-16(17)18;/h3-6,11-12,15,19,23H,2,7-10,13-14H2,1H3;1H. The first-order valence-corrected chi connectivity index (χ1v) is 10.2. The molecule has 1 amide bonds. The second kappa shape index (κ2) is 7.84. The molecule has 3 heterocycles. The van der Waals surface area contributed by atoms with Crippen molar-refractivity contribution < 1.29 is 9.21 Å². The summed E-state index contributed by atoms with van der Waals surface area (Å²) in [6, 6.07) is 8.03. The molecular weight excluding hydrogens is 388 g/mol. The number of halogens is 1. The van der Waals surface area contributed by atoms with Crippen LogP contribution in [-0.2, 0) is 13.1 Å². The molecule has 154 valence electrons. The zero-order valence-electron chi connectivity index (χ0n) is 16.6. The lowest BCUT2D eigenvalue weighted by atomic mass is 9.93. The number of para-hydroxylation sites is 1. The Labute approximate surface area is 176 Å². The highest BCUT2D eigenvalue weighted by Gasteiger charge is 2.58. The summed E-state index contributed by atoms with van der Waals surface area (Å²) >= 11 is 0. The number of imidazole rings is 1. The molecule has 0 radical (unpaired) electrons. The Morgan fingerprint density at radius 1 is 1.34 bits per heavy atom. The lowest BCUT2D eigenvalue weighted by Gasteiger charge is -2.29. The maximum absolute atomic E-state index is 13.7. The molecular formula is C22H27ClN4O2. The summed E-state index contributed by atoms with van der Waals surface area (Å²) in [6.07, 6.45) is 8.78. The van der Waals surface area contributed by atoms with Crippen LogP contribution in [0.4, 0.5) is 0 Å². The number of furan rings is 1. The highest BCUT2D eigenvalue weighted by molar-refractivity contribution is 6.06. The Bertz CT molecular complexity index is 1010. The Kier molecular flexibility index (Phi) is 5.40. The molecule has 6 nitrogen and oxygen atoms in total. The van der Waals surface area contributed by atoms with Gasteiger partial charge in [-0.25, -0.2) is 4.98 Å². The molecule has 1 unspecified atom stereocenters. The van der Waals surface area contributed by atoms with Gasteiger partial charge in [0.1, 0.15) is 17.7 Å². The van der Waals surface area contributed by atoms with Crippen LogP contribution < -0.4 is 5.32 Å². The highest BCUT2D eigenvalue weighted by atomic mass is 35.5. The summed E-state index contributed by atoms with van der Waals surface area (Å²) in [5.41, 5.74) is 1.68. The number of benzene rings is 1. The lowest BCUT2D eigenvalue weighted by molar-refractivity contribution is 0.0686. The van der Waals surface area contributed by atoms with Crippen molar-refractivity contribution in [2.45, 2.75) is 45.3 Å². The molecule has 7 heteroatoms. The molecule has 3 aromatic rings. The predicted octanol–water partition coefficient (Wildman–Crippen LogP) is 3.86. The number of rotatable bonds is 5. The van der Waals surface area contributed by atoms with Crippen LogP contribution in [0, 0.1) is 5.41 Å². The van der Waals surface area contributed by atoms with E-state index in [0.717, 1.165) is 55.7 Å². The molecule has 2 aromatic heterocycles. The number of hydrogen-bond acceptors (Lipinski definition) is 4. The second-order valence-corrected chi connectivity index (χ2v) is 8.04. The van der Waals surface area contributed by atoms with Crippen molar-refractivity contribution in [3.05, 3.63) is 54.3 Å². The molecule has 1 aliphatic carbocycles. The maximum Gasteiger partial charge on any atom is 0.258 e. The first-order chi connectivity index (χ1) is 13.7. The van der Waals surface area contributed by atoms with Crippen molar-refractivity contribution in [3.63, 3.8) is 0 Å². The molecule has 29 heavy (non-hydrogen) atoms. The van der Waals surface area contributed by atoms with Gasteiger partial charge < -0.3 is 19.2 Å². The van der Waals surface area contributed by atoms with E-state index in [9.17, 15) is 4.79 Å². The van der Waals surface area contributed by atoms with Crippen molar-refractivity contribution in [1.82, 2.24) is 19.8 Å². The van der Waals surface area contributed by atoms with E-state index >= 15 is 0 Å². The number of carbonyl (C=O) groups is 1. The van der Waals surface area contributed by atoms with Crippen LogP contribution >= 0.6 is 12.4 Å². The van der Waals surface area contributed by atoms with Gasteiger partial charge in [0.2, 0.25) is 0 Å². The number of fused-ring (bicyclic) bond motifs is 1. The number of hydrogen-bond donors (Lipinski definition) is 1. The maximum atomic E-state index is 13.7. The van der Waals surface area contributed by atoms with Gasteiger partial charge in [0.25, 0.3) is 5.91 Å². The van der Waals surface area contributed by atoms with Crippen molar-refractivity contribution >= 4 is 29.3 Å². The van der Waals surface area contributed by atoms with Crippen molar-refractivity contribution in [2.24, 2.45) is 5.41 Å². The smallest absolute Gasteiger partial charge is 0.258 e. The Morgan fingerprint density at radius 3 is 2.93 bits per heavy atom. The zero-order valence-corrected chi connectivity index (χ0v) is 17.5. The molecule has 1 N–H and O–H groups in total. The average molecular weight is 415 g/mol. The summed E-state index contributed by atoms with van der Waals surface area (Å²) in [4.78, 5) is 20.2. The van der Waals surface area contributed by atoms with E-state index < -0.39 is 0 Å². The minimum absolute atomic E-state index is 0. The minimum Gasteiger partial charge on any atom is -0.463 e. The van der Waals surface area contributed by atoms with E-state index in [2.05, 4.69) is 26.7 Å². The van der Waals surface area contributed by atoms with Crippen molar-refractivity contribution in [3.8, 4) is 0 Å². The van der Waals surface area contributed by atoms with Gasteiger partial charge >= 0.3 is 0 Å². The quantitative estimate of drug-likeness (QED) is 0.688. The molecule has 1 saturated carbocycles. The molecule has 1 aliphatic heterocycles. The third-order valence-corrected chi connectivity index (χ3v) is 6.55. The van der Waals surface area contributed by atoms with Crippen LogP contribution in [0.2, 0.25) is 0 Å². The van der Waals surface area contributed by atoms with Crippen LogP contribution in [-0.4, -0.2) is 39.5 Å². The lowest BCUT2D eigenvalue weighted by Crippen LogP contribution is -2.39. The van der Waals surface area contributed by atoms with Crippen LogP contribution in [0.15, 0.2) is 47.3 Å². The molecule has 5 rings (SSSR count). The van der Waals surface area contributed by atoms with Gasteiger partial charge in [0.05, 0.1) is 12.1 Å². The Morgan fingerprint density at radius 2 is 2.14 bits per heavy atom. The highest BCUT2D eigenvalue weighted by Crippen LogP contribution is 2.56. The third kappa shape index (κ3) is 3.45. The first kappa shape index (κ1) is 20.0. The average Bonchev–Trinajstić information content (AvgIpc) is 3.10. The zero-order chi connectivity index (χ0) is 19.1. The third-order valence-electron chi connectivity index (χ3n) is 6.55. The Hall–Kier alpha value is -2.31. The molecule has 1 aromatic carbocycles. The van der Waals surface area contributed by atoms with Crippen LogP contribution in [0.3, 0.4) is 0 Å². The van der Waals surface area contributed by atoms with Crippen LogP contribution in [0.5, 0.6) is 0 Å². The monoisotopic (exact) mass is 414 g/mol. The van der Waals surface area contributed by atoms with E-state index in [-0.39, 0.29) is 29.8 Å². The molecule has 1 saturated heterocycles. The van der Waals surface area contributed by atoms with Gasteiger partial charge in [-0.1, -0.05) is 18.2 Å². The molecule has 0 bridgehead atoms. The largest absolute Gasteiger partial charge is 0.463 e. The summed E-state index contributed by atoms with van der Waals surface area (Å²) in [6.45, 7) is 5.57. The van der Waals surface area contributed by atoms with E-state index in [1.54, 1.807) is 6.26 Å². The van der Waals surface area contributed by atoms with Gasteiger partial charge in [-0.3, -0.25) is 4.79 Å². The van der Waals surface area contributed by atoms with Crippen molar-refractivity contribution in [1.29, 1.82) is 0 Å². The van der Waals surface area contributed by atoms with Crippen molar-refractivity contribution in [2.75, 3.05) is 13.1 Å². The number of aromatic nitrogens is 2. The fraction of sp³-hybridized carbons (Fsp3) is 0.455. The van der Waals surface area contributed by atoms with Gasteiger partial charge in [0, 0.05) is 30.4 Å². The number of amides is 1. The molecule has 2 aliphatic rings. The molecule has 1 spiro atoms. The summed E-state index contributed by atoms with van der Waals surface area (Å²) in [5.74, 6) is 0.996. The van der Waals surface area contributed by atoms with E-state index in [4.69, 9.17) is 4.42 Å². The number of piperidine rings is 1. The van der Waals surface area contributed by atoms with Gasteiger partial charge in [-0.2, -0.15) is 0 Å². The van der Waals surface area contributed by atoms with E-state index in [1.807, 2.05) is 36.7 Å². The fourth-order valence-corrected chi connectivity index (χ4v) is 4.78. The molecule has 1 atom stereocenters. The number of nitrogens with one attached hydrogen (secondary N) is 1. The van der Waals surface area contributed by atoms with Gasteiger partial charge in [-0.05, 0) is 50.8 Å². The number of nitrogens with zero attached hydrogens (tertiary/aromatic N) is 3. The molecule has 2 fully saturated rings. The second-order valence-electron chi connectivity index (χ2n) is 8.04. The predicted molar refractivity (Wildman–Crippen MR) is 114 cm³/mol. The normalized spacial score (nSPS) is 19.8. The van der Waals surface area contributed by atoms with E-state index in [1.165, 1.54) is 0 Å². The van der Waals surface area contributed by atoms with E-state index in [0.29, 0.717) is 12.1 Å². The number of aryl methyl sites for hydroxylation is 1. The first-order valence-electron chi connectivity index (χ1n) is 10.2. The summed E-state index contributed by atoms with van der Waals surface area (Å²) < 4.78 is 7.78. The summed E-state index contributed by atoms with van der Waals surface area (Å²) in [7, 11) is 0. The minimum atomic E-state index is 0. The summed E-state index contributed by atoms with van der Waals surface area (Å²) in [5, 5.41) is 4.34. The number of carbonyl (C=O) groups excluding carboxylic acids is 1.